The van der Waals surface area contributed by atoms with Gasteiger partial charge in [-0.05, 0) is 25.7 Å². The Balaban J connectivity index is 1.50. The van der Waals surface area contributed by atoms with Gasteiger partial charge in [-0.1, -0.05) is 0 Å². The van der Waals surface area contributed by atoms with Crippen LogP contribution in [0.2, 0.25) is 0 Å². The topological polar surface area (TPSA) is 93.7 Å². The Kier molecular flexibility index (Phi) is 4.74. The van der Waals surface area contributed by atoms with Gasteiger partial charge in [-0.3, -0.25) is 14.2 Å². The molecule has 18 heavy (non-hydrogen) atoms. The molecule has 2 N–H and O–H groups in total. The van der Waals surface area contributed by atoms with E-state index in [4.69, 9.17) is 9.05 Å². The van der Waals surface area contributed by atoms with Gasteiger partial charge in [0.2, 0.25) is 11.8 Å². The molecule has 8 heteroatoms. The van der Waals surface area contributed by atoms with Gasteiger partial charge in [0.15, 0.2) is 0 Å². The summed E-state index contributed by atoms with van der Waals surface area (Å²) in [5.41, 5.74) is 0. The summed E-state index contributed by atoms with van der Waals surface area (Å²) in [4.78, 5) is 22.4. The fourth-order valence-electron chi connectivity index (χ4n) is 1.28. The fraction of sp³-hybridized carbons (Fsp3) is 0.800. The summed E-state index contributed by atoms with van der Waals surface area (Å²) in [5, 5.41) is 5.37. The SMILES string of the molecule is O=C(CO[PH](=O)OCC(=O)NC1CC1)NC1CC1. The van der Waals surface area contributed by atoms with Gasteiger partial charge >= 0.3 is 8.25 Å². The Hall–Kier alpha value is -0.910. The summed E-state index contributed by atoms with van der Waals surface area (Å²) < 4.78 is 20.7. The monoisotopic (exact) mass is 276 g/mol. The first-order valence-electron chi connectivity index (χ1n) is 6.02. The molecule has 7 nitrogen and oxygen atoms in total. The van der Waals surface area contributed by atoms with Gasteiger partial charge in [-0.15, -0.1) is 0 Å². The van der Waals surface area contributed by atoms with Gasteiger partial charge in [-0.25, -0.2) is 0 Å². The van der Waals surface area contributed by atoms with Crippen molar-refractivity contribution in [2.24, 2.45) is 0 Å². The molecule has 0 saturated heterocycles. The van der Waals surface area contributed by atoms with Crippen LogP contribution >= 0.6 is 8.25 Å². The van der Waals surface area contributed by atoms with E-state index in [1.807, 2.05) is 0 Å². The maximum Gasteiger partial charge on any atom is 0.320 e. The van der Waals surface area contributed by atoms with Crippen molar-refractivity contribution in [1.82, 2.24) is 10.6 Å². The maximum atomic E-state index is 11.2. The first-order valence-corrected chi connectivity index (χ1v) is 7.24. The predicted octanol–water partition coefficient (Wildman–Crippen LogP) is -0.0335. The molecule has 0 aliphatic heterocycles. The first-order chi connectivity index (χ1) is 8.63. The summed E-state index contributed by atoms with van der Waals surface area (Å²) in [6, 6.07) is 0.488. The summed E-state index contributed by atoms with van der Waals surface area (Å²) in [6.07, 6.45) is 3.94. The van der Waals surface area contributed by atoms with E-state index in [9.17, 15) is 14.2 Å². The zero-order chi connectivity index (χ0) is 13.0. The van der Waals surface area contributed by atoms with Gasteiger partial charge in [0, 0.05) is 12.1 Å². The summed E-state index contributed by atoms with van der Waals surface area (Å²) in [7, 11) is -2.78. The molecule has 2 amide bonds. The molecule has 0 spiro atoms. The number of carbonyl (C=O) groups excluding carboxylic acids is 2. The summed E-state index contributed by atoms with van der Waals surface area (Å²) in [6.45, 7) is -0.586. The largest absolute Gasteiger partial charge is 0.351 e. The first kappa shape index (κ1) is 13.5. The van der Waals surface area contributed by atoms with Crippen molar-refractivity contribution in [2.75, 3.05) is 13.2 Å². The van der Waals surface area contributed by atoms with Crippen molar-refractivity contribution < 1.29 is 23.2 Å². The number of nitrogens with one attached hydrogen (secondary N) is 2. The fourth-order valence-corrected chi connectivity index (χ4v) is 1.87. The molecule has 0 aromatic carbocycles. The molecule has 0 radical (unpaired) electrons. The predicted molar refractivity (Wildman–Crippen MR) is 63.2 cm³/mol. The van der Waals surface area contributed by atoms with E-state index in [2.05, 4.69) is 10.6 Å². The van der Waals surface area contributed by atoms with Crippen molar-refractivity contribution in [3.8, 4) is 0 Å². The van der Waals surface area contributed by atoms with Crippen LogP contribution in [0.1, 0.15) is 25.7 Å². The standard InChI is InChI=1S/C10H17N2O5P/c13-9(11-7-1-2-7)5-16-18(15)17-6-10(14)12-8-3-4-8/h7-8,18H,1-6H2,(H,11,13)(H,12,14). The quantitative estimate of drug-likeness (QED) is 0.607. The zero-order valence-corrected chi connectivity index (χ0v) is 10.9. The smallest absolute Gasteiger partial charge is 0.320 e. The molecule has 0 heterocycles. The molecule has 0 aromatic heterocycles. The minimum Gasteiger partial charge on any atom is -0.351 e. The van der Waals surface area contributed by atoms with E-state index in [0.717, 1.165) is 25.7 Å². The average molecular weight is 276 g/mol. The van der Waals surface area contributed by atoms with E-state index in [1.54, 1.807) is 0 Å². The Bertz CT molecular complexity index is 322. The molecule has 2 rings (SSSR count). The second-order valence-corrected chi connectivity index (χ2v) is 5.59. The second kappa shape index (κ2) is 6.31. The third kappa shape index (κ3) is 5.62. The number of hydrogen-bond acceptors (Lipinski definition) is 5. The minimum absolute atomic E-state index is 0.244. The molecule has 2 aliphatic carbocycles. The van der Waals surface area contributed by atoms with Crippen molar-refractivity contribution in [1.29, 1.82) is 0 Å². The highest BCUT2D eigenvalue weighted by Crippen LogP contribution is 2.24. The molecule has 2 fully saturated rings. The van der Waals surface area contributed by atoms with Crippen molar-refractivity contribution >= 4 is 20.1 Å². The van der Waals surface area contributed by atoms with Gasteiger partial charge in [-0.2, -0.15) is 0 Å². The Labute approximate surface area is 106 Å². The van der Waals surface area contributed by atoms with Crippen LogP contribution < -0.4 is 10.6 Å². The number of amides is 2. The lowest BCUT2D eigenvalue weighted by Gasteiger charge is -2.06. The lowest BCUT2D eigenvalue weighted by Crippen LogP contribution is -2.29. The van der Waals surface area contributed by atoms with Gasteiger partial charge in [0.25, 0.3) is 0 Å². The van der Waals surface area contributed by atoms with Crippen LogP contribution in [0, 0.1) is 0 Å². The van der Waals surface area contributed by atoms with Crippen molar-refractivity contribution in [2.45, 2.75) is 37.8 Å². The summed E-state index contributed by atoms with van der Waals surface area (Å²) >= 11 is 0. The maximum absolute atomic E-state index is 11.2. The van der Waals surface area contributed by atoms with Crippen LogP contribution in [0.3, 0.4) is 0 Å². The molecule has 2 aliphatic rings. The van der Waals surface area contributed by atoms with Gasteiger partial charge < -0.3 is 19.7 Å². The lowest BCUT2D eigenvalue weighted by atomic mass is 10.6. The van der Waals surface area contributed by atoms with E-state index in [0.29, 0.717) is 0 Å². The lowest BCUT2D eigenvalue weighted by molar-refractivity contribution is -0.123. The Morgan fingerprint density at radius 1 is 0.944 bits per heavy atom. The molecule has 2 saturated carbocycles. The van der Waals surface area contributed by atoms with E-state index >= 15 is 0 Å². The molecular weight excluding hydrogens is 259 g/mol. The van der Waals surface area contributed by atoms with Crippen LogP contribution in [0.25, 0.3) is 0 Å². The normalized spacial score (nSPS) is 18.7. The molecule has 0 atom stereocenters. The molecule has 0 aromatic rings. The van der Waals surface area contributed by atoms with E-state index < -0.39 is 8.25 Å². The van der Waals surface area contributed by atoms with Crippen LogP contribution in [0.4, 0.5) is 0 Å². The highest BCUT2D eigenvalue weighted by molar-refractivity contribution is 7.33. The van der Waals surface area contributed by atoms with Crippen LogP contribution in [0.5, 0.6) is 0 Å². The van der Waals surface area contributed by atoms with E-state index in [-0.39, 0.29) is 37.1 Å². The number of hydrogen-bond donors (Lipinski definition) is 2. The highest BCUT2D eigenvalue weighted by atomic mass is 31.1. The average Bonchev–Trinajstić information content (AvgIpc) is 3.19. The second-order valence-electron chi connectivity index (χ2n) is 4.51. The molecule has 102 valence electrons. The van der Waals surface area contributed by atoms with Crippen LogP contribution in [-0.2, 0) is 23.2 Å². The van der Waals surface area contributed by atoms with Crippen molar-refractivity contribution in [3.63, 3.8) is 0 Å². The van der Waals surface area contributed by atoms with E-state index in [1.165, 1.54) is 0 Å². The van der Waals surface area contributed by atoms with Gasteiger partial charge in [0.1, 0.15) is 13.2 Å². The molecular formula is C10H17N2O5P. The molecule has 0 bridgehead atoms. The zero-order valence-electron chi connectivity index (χ0n) is 9.94. The Morgan fingerprint density at radius 2 is 1.33 bits per heavy atom. The third-order valence-electron chi connectivity index (χ3n) is 2.53. The van der Waals surface area contributed by atoms with Crippen LogP contribution in [-0.4, -0.2) is 37.1 Å². The van der Waals surface area contributed by atoms with Crippen LogP contribution in [0.15, 0.2) is 0 Å². The van der Waals surface area contributed by atoms with Gasteiger partial charge in [0.05, 0.1) is 0 Å². The highest BCUT2D eigenvalue weighted by Gasteiger charge is 2.24. The number of rotatable bonds is 8. The number of carbonyl (C=O) groups is 2. The summed E-state index contributed by atoms with van der Waals surface area (Å²) in [5.74, 6) is -0.608. The molecule has 0 unspecified atom stereocenters. The van der Waals surface area contributed by atoms with Crippen molar-refractivity contribution in [3.05, 3.63) is 0 Å². The minimum atomic E-state index is -2.78. The Morgan fingerprint density at radius 3 is 1.67 bits per heavy atom. The third-order valence-corrected chi connectivity index (χ3v) is 3.29.